The quantitative estimate of drug-likeness (QED) is 0.420. The Morgan fingerprint density at radius 1 is 0.969 bits per heavy atom. The van der Waals surface area contributed by atoms with Gasteiger partial charge in [-0.3, -0.25) is 14.4 Å². The molecule has 3 amide bonds. The molecule has 0 saturated heterocycles. The number of carbonyl (C=O) groups is 3. The third-order valence-corrected chi connectivity index (χ3v) is 6.21. The van der Waals surface area contributed by atoms with Crippen LogP contribution in [0.2, 0.25) is 0 Å². The first-order valence-electron chi connectivity index (χ1n) is 9.59. The van der Waals surface area contributed by atoms with Crippen molar-refractivity contribution < 1.29 is 18.8 Å². The second-order valence-electron chi connectivity index (χ2n) is 6.89. The van der Waals surface area contributed by atoms with Gasteiger partial charge in [-0.15, -0.1) is 11.3 Å². The first-order valence-corrected chi connectivity index (χ1v) is 11.5. The summed E-state index contributed by atoms with van der Waals surface area (Å²) in [7, 11) is 0. The molecule has 7 nitrogen and oxygen atoms in total. The number of nitrogens with zero attached hydrogens (tertiary/aromatic N) is 1. The maximum Gasteiger partial charge on any atom is 0.234 e. The van der Waals surface area contributed by atoms with Gasteiger partial charge in [0, 0.05) is 29.4 Å². The van der Waals surface area contributed by atoms with E-state index < -0.39 is 0 Å². The molecule has 0 saturated carbocycles. The van der Waals surface area contributed by atoms with Gasteiger partial charge in [0.15, 0.2) is 4.34 Å². The fraction of sp³-hybridized carbons (Fsp3) is 0.182. The number of nitrogens with one attached hydrogen (secondary N) is 3. The second-order valence-corrected chi connectivity index (χ2v) is 8.97. The van der Waals surface area contributed by atoms with Crippen molar-refractivity contribution in [3.63, 3.8) is 0 Å². The van der Waals surface area contributed by atoms with Gasteiger partial charge in [0.05, 0.1) is 17.9 Å². The first-order chi connectivity index (χ1) is 15.3. The number of anilines is 3. The predicted molar refractivity (Wildman–Crippen MR) is 126 cm³/mol. The van der Waals surface area contributed by atoms with Gasteiger partial charge in [-0.05, 0) is 48.9 Å². The SMILES string of the molecule is CC(=O)Nc1ccc(NC(=O)CSc2nc(CC(=O)Nc3ccc(C)c(F)c3)cs2)cc1. The van der Waals surface area contributed by atoms with Crippen LogP contribution in [-0.4, -0.2) is 28.5 Å². The summed E-state index contributed by atoms with van der Waals surface area (Å²) in [5.74, 6) is -0.872. The van der Waals surface area contributed by atoms with E-state index in [1.807, 2.05) is 0 Å². The van der Waals surface area contributed by atoms with Gasteiger partial charge in [0.2, 0.25) is 17.7 Å². The summed E-state index contributed by atoms with van der Waals surface area (Å²) in [5.41, 5.74) is 2.75. The Hall–Kier alpha value is -3.24. The van der Waals surface area contributed by atoms with Crippen molar-refractivity contribution >= 4 is 57.9 Å². The Morgan fingerprint density at radius 2 is 1.59 bits per heavy atom. The number of hydrogen-bond acceptors (Lipinski definition) is 6. The number of hydrogen-bond donors (Lipinski definition) is 3. The monoisotopic (exact) mass is 472 g/mol. The highest BCUT2D eigenvalue weighted by atomic mass is 32.2. The normalized spacial score (nSPS) is 10.5. The predicted octanol–water partition coefficient (Wildman–Crippen LogP) is 4.46. The first kappa shape index (κ1) is 23.4. The van der Waals surface area contributed by atoms with E-state index in [0.717, 1.165) is 0 Å². The molecule has 3 aromatic rings. The average Bonchev–Trinajstić information content (AvgIpc) is 3.17. The number of benzene rings is 2. The molecule has 0 aliphatic heterocycles. The molecule has 0 unspecified atom stereocenters. The third kappa shape index (κ3) is 7.17. The van der Waals surface area contributed by atoms with E-state index in [-0.39, 0.29) is 35.7 Å². The number of aromatic nitrogens is 1. The fourth-order valence-corrected chi connectivity index (χ4v) is 4.29. The molecule has 1 aromatic heterocycles. The van der Waals surface area contributed by atoms with Crippen LogP contribution >= 0.6 is 23.1 Å². The highest BCUT2D eigenvalue weighted by Gasteiger charge is 2.11. The maximum absolute atomic E-state index is 13.6. The van der Waals surface area contributed by atoms with E-state index in [4.69, 9.17) is 0 Å². The summed E-state index contributed by atoms with van der Waals surface area (Å²) in [4.78, 5) is 39.8. The van der Waals surface area contributed by atoms with E-state index in [1.165, 1.54) is 36.1 Å². The highest BCUT2D eigenvalue weighted by Crippen LogP contribution is 2.24. The van der Waals surface area contributed by atoms with Crippen LogP contribution in [0.3, 0.4) is 0 Å². The van der Waals surface area contributed by atoms with Crippen molar-refractivity contribution in [2.24, 2.45) is 0 Å². The molecule has 0 aliphatic rings. The van der Waals surface area contributed by atoms with Gasteiger partial charge in [0.25, 0.3) is 0 Å². The molecule has 0 spiro atoms. The lowest BCUT2D eigenvalue weighted by Crippen LogP contribution is -2.15. The van der Waals surface area contributed by atoms with Crippen LogP contribution < -0.4 is 16.0 Å². The third-order valence-electron chi connectivity index (χ3n) is 4.14. The van der Waals surface area contributed by atoms with Crippen molar-refractivity contribution in [3.8, 4) is 0 Å². The number of thioether (sulfide) groups is 1. The Morgan fingerprint density at radius 3 is 2.25 bits per heavy atom. The second kappa shape index (κ2) is 10.9. The standard InChI is InChI=1S/C22H21FN4O3S2/c1-13-3-4-17(9-19(13)23)26-20(29)10-18-11-31-22(27-18)32-12-21(30)25-16-7-5-15(6-8-16)24-14(2)28/h3-9,11H,10,12H2,1-2H3,(H,24,28)(H,25,30)(H,26,29). The molecule has 10 heteroatoms. The lowest BCUT2D eigenvalue weighted by atomic mass is 10.2. The van der Waals surface area contributed by atoms with Gasteiger partial charge >= 0.3 is 0 Å². The fourth-order valence-electron chi connectivity index (χ4n) is 2.64. The smallest absolute Gasteiger partial charge is 0.234 e. The lowest BCUT2D eigenvalue weighted by Gasteiger charge is -2.06. The van der Waals surface area contributed by atoms with Gasteiger partial charge in [-0.25, -0.2) is 9.37 Å². The van der Waals surface area contributed by atoms with Gasteiger partial charge in [0.1, 0.15) is 5.82 Å². The van der Waals surface area contributed by atoms with Crippen LogP contribution in [0.25, 0.3) is 0 Å². The molecule has 0 radical (unpaired) electrons. The molecule has 0 fully saturated rings. The van der Waals surface area contributed by atoms with Crippen molar-refractivity contribution in [1.82, 2.24) is 4.98 Å². The van der Waals surface area contributed by atoms with Gasteiger partial charge < -0.3 is 16.0 Å². The number of aryl methyl sites for hydroxylation is 1. The maximum atomic E-state index is 13.6. The Labute approximate surface area is 192 Å². The van der Waals surface area contributed by atoms with E-state index in [0.29, 0.717) is 32.7 Å². The van der Waals surface area contributed by atoms with E-state index in [2.05, 4.69) is 20.9 Å². The summed E-state index contributed by atoms with van der Waals surface area (Å²) >= 11 is 2.62. The van der Waals surface area contributed by atoms with Crippen LogP contribution in [-0.2, 0) is 20.8 Å². The molecular weight excluding hydrogens is 451 g/mol. The minimum Gasteiger partial charge on any atom is -0.326 e. The molecular formula is C22H21FN4O3S2. The summed E-state index contributed by atoms with van der Waals surface area (Å²) in [6.45, 7) is 3.08. The molecule has 166 valence electrons. The van der Waals surface area contributed by atoms with Gasteiger partial charge in [-0.1, -0.05) is 17.8 Å². The summed E-state index contributed by atoms with van der Waals surface area (Å²) < 4.78 is 14.3. The number of thiazole rings is 1. The zero-order chi connectivity index (χ0) is 23.1. The van der Waals surface area contributed by atoms with Crippen LogP contribution in [0, 0.1) is 12.7 Å². The van der Waals surface area contributed by atoms with Crippen LogP contribution in [0.4, 0.5) is 21.5 Å². The molecule has 32 heavy (non-hydrogen) atoms. The highest BCUT2D eigenvalue weighted by molar-refractivity contribution is 8.01. The number of carbonyl (C=O) groups excluding carboxylic acids is 3. The molecule has 3 N–H and O–H groups in total. The van der Waals surface area contributed by atoms with Crippen molar-refractivity contribution in [2.75, 3.05) is 21.7 Å². The van der Waals surface area contributed by atoms with Crippen LogP contribution in [0.1, 0.15) is 18.2 Å². The van der Waals surface area contributed by atoms with E-state index in [9.17, 15) is 18.8 Å². The van der Waals surface area contributed by atoms with Crippen molar-refractivity contribution in [1.29, 1.82) is 0 Å². The molecule has 0 bridgehead atoms. The van der Waals surface area contributed by atoms with E-state index in [1.54, 1.807) is 48.7 Å². The number of rotatable bonds is 8. The molecule has 0 aliphatic carbocycles. The number of halogens is 1. The summed E-state index contributed by atoms with van der Waals surface area (Å²) in [6, 6.07) is 11.3. The average molecular weight is 473 g/mol. The van der Waals surface area contributed by atoms with Crippen LogP contribution in [0.5, 0.6) is 0 Å². The Bertz CT molecular complexity index is 1130. The van der Waals surface area contributed by atoms with E-state index >= 15 is 0 Å². The molecule has 0 atom stereocenters. The Balaban J connectivity index is 1.45. The summed E-state index contributed by atoms with van der Waals surface area (Å²) in [5, 5.41) is 9.85. The van der Waals surface area contributed by atoms with Crippen molar-refractivity contribution in [2.45, 2.75) is 24.6 Å². The lowest BCUT2D eigenvalue weighted by molar-refractivity contribution is -0.116. The largest absolute Gasteiger partial charge is 0.326 e. The minimum atomic E-state index is -0.378. The zero-order valence-corrected chi connectivity index (χ0v) is 19.0. The molecule has 3 rings (SSSR count). The minimum absolute atomic E-state index is 0.0550. The zero-order valence-electron chi connectivity index (χ0n) is 17.4. The summed E-state index contributed by atoms with van der Waals surface area (Å²) in [6.07, 6.45) is 0.0550. The topological polar surface area (TPSA) is 100 Å². The Kier molecular flexibility index (Phi) is 7.96. The molecule has 2 aromatic carbocycles. The molecule has 1 heterocycles. The van der Waals surface area contributed by atoms with Crippen molar-refractivity contribution in [3.05, 3.63) is 64.9 Å². The number of amides is 3. The van der Waals surface area contributed by atoms with Gasteiger partial charge in [-0.2, -0.15) is 0 Å². The van der Waals surface area contributed by atoms with Crippen LogP contribution in [0.15, 0.2) is 52.2 Å².